The van der Waals surface area contributed by atoms with E-state index < -0.39 is 0 Å². The number of nitrogens with zero attached hydrogens (tertiary/aromatic N) is 4. The Kier molecular flexibility index (Phi) is 6.96. The SMILES string of the molecule is c1ccc(-c2cccc(-c3nc(-c4ccccc4)nc(-c4cccc5c4sc4c5ccc5c(-c6ccccc6)nc6ccccc6c54)n3)c2)cc1. The molecule has 0 N–H and O–H groups in total. The zero-order valence-corrected chi connectivity index (χ0v) is 28.2. The molecule has 3 aromatic heterocycles. The molecule has 7 aromatic carbocycles. The van der Waals surface area contributed by atoms with E-state index in [-0.39, 0.29) is 0 Å². The van der Waals surface area contributed by atoms with Gasteiger partial charge in [0.2, 0.25) is 0 Å². The zero-order valence-electron chi connectivity index (χ0n) is 27.4. The summed E-state index contributed by atoms with van der Waals surface area (Å²) in [5.41, 5.74) is 8.24. The number of para-hydroxylation sites is 1. The van der Waals surface area contributed by atoms with Gasteiger partial charge in [-0.05, 0) is 29.3 Å². The number of hydrogen-bond donors (Lipinski definition) is 0. The van der Waals surface area contributed by atoms with Crippen molar-refractivity contribution in [1.82, 2.24) is 19.9 Å². The highest BCUT2D eigenvalue weighted by molar-refractivity contribution is 7.27. The van der Waals surface area contributed by atoms with Crippen molar-refractivity contribution in [2.24, 2.45) is 0 Å². The third-order valence-electron chi connectivity index (χ3n) is 9.51. The van der Waals surface area contributed by atoms with E-state index in [2.05, 4.69) is 140 Å². The first-order valence-electron chi connectivity index (χ1n) is 17.0. The molecule has 0 saturated carbocycles. The Hall–Kier alpha value is -6.56. The van der Waals surface area contributed by atoms with Crippen LogP contribution in [-0.2, 0) is 0 Å². The van der Waals surface area contributed by atoms with Crippen LogP contribution in [0.4, 0.5) is 0 Å². The minimum Gasteiger partial charge on any atom is -0.247 e. The summed E-state index contributed by atoms with van der Waals surface area (Å²) in [6.45, 7) is 0. The largest absolute Gasteiger partial charge is 0.247 e. The van der Waals surface area contributed by atoms with Crippen LogP contribution in [0.2, 0.25) is 0 Å². The zero-order chi connectivity index (χ0) is 33.7. The van der Waals surface area contributed by atoms with E-state index in [0.29, 0.717) is 17.5 Å². The Bertz CT molecular complexity index is 2900. The van der Waals surface area contributed by atoms with Crippen LogP contribution >= 0.6 is 11.3 Å². The van der Waals surface area contributed by atoms with E-state index in [1.165, 1.54) is 20.9 Å². The molecule has 10 aromatic rings. The van der Waals surface area contributed by atoms with Gasteiger partial charge in [0.1, 0.15) is 0 Å². The summed E-state index contributed by atoms with van der Waals surface area (Å²) in [7, 11) is 0. The van der Waals surface area contributed by atoms with Crippen molar-refractivity contribution < 1.29 is 0 Å². The van der Waals surface area contributed by atoms with Crippen molar-refractivity contribution in [3.63, 3.8) is 0 Å². The molecule has 0 unspecified atom stereocenters. The smallest absolute Gasteiger partial charge is 0.165 e. The third kappa shape index (κ3) is 5.06. The summed E-state index contributed by atoms with van der Waals surface area (Å²) >= 11 is 1.81. The lowest BCUT2D eigenvalue weighted by atomic mass is 9.98. The molecule has 0 aliphatic heterocycles. The Labute approximate surface area is 298 Å². The van der Waals surface area contributed by atoms with Crippen LogP contribution < -0.4 is 0 Å². The molecule has 0 fully saturated rings. The fourth-order valence-corrected chi connectivity index (χ4v) is 8.46. The van der Waals surface area contributed by atoms with Gasteiger partial charge < -0.3 is 0 Å². The average molecular weight is 669 g/mol. The van der Waals surface area contributed by atoms with Crippen LogP contribution in [0, 0.1) is 0 Å². The maximum absolute atomic E-state index is 5.19. The molecule has 0 atom stereocenters. The third-order valence-corrected chi connectivity index (χ3v) is 10.8. The quantitative estimate of drug-likeness (QED) is 0.171. The molecule has 4 nitrogen and oxygen atoms in total. The van der Waals surface area contributed by atoms with Gasteiger partial charge >= 0.3 is 0 Å². The summed E-state index contributed by atoms with van der Waals surface area (Å²) < 4.78 is 2.38. The molecule has 10 rings (SSSR count). The van der Waals surface area contributed by atoms with Gasteiger partial charge in [-0.3, -0.25) is 0 Å². The molecule has 0 saturated heterocycles. The summed E-state index contributed by atoms with van der Waals surface area (Å²) in [5.74, 6) is 1.94. The minimum atomic E-state index is 0.643. The van der Waals surface area contributed by atoms with E-state index in [1.807, 2.05) is 30.3 Å². The van der Waals surface area contributed by atoms with Crippen LogP contribution in [-0.4, -0.2) is 19.9 Å². The molecule has 0 aliphatic rings. The Morgan fingerprint density at radius 2 is 0.882 bits per heavy atom. The van der Waals surface area contributed by atoms with E-state index in [4.69, 9.17) is 19.9 Å². The lowest BCUT2D eigenvalue weighted by Gasteiger charge is -2.11. The Morgan fingerprint density at radius 3 is 1.67 bits per heavy atom. The van der Waals surface area contributed by atoms with Crippen LogP contribution in [0.25, 0.3) is 98.4 Å². The second-order valence-electron chi connectivity index (χ2n) is 12.6. The summed E-state index contributed by atoms with van der Waals surface area (Å²) in [4.78, 5) is 20.6. The molecule has 5 heteroatoms. The predicted octanol–water partition coefficient (Wildman–Crippen LogP) is 12.3. The number of thiophene rings is 1. The lowest BCUT2D eigenvalue weighted by molar-refractivity contribution is 1.08. The highest BCUT2D eigenvalue weighted by Crippen LogP contribution is 2.45. The van der Waals surface area contributed by atoms with Gasteiger partial charge in [0.05, 0.1) is 11.2 Å². The minimum absolute atomic E-state index is 0.643. The first-order chi connectivity index (χ1) is 25.3. The van der Waals surface area contributed by atoms with Crippen molar-refractivity contribution in [2.45, 2.75) is 0 Å². The number of aromatic nitrogens is 4. The maximum Gasteiger partial charge on any atom is 0.165 e. The van der Waals surface area contributed by atoms with Gasteiger partial charge in [0, 0.05) is 58.6 Å². The number of benzene rings is 7. The van der Waals surface area contributed by atoms with Crippen molar-refractivity contribution in [3.05, 3.63) is 170 Å². The highest BCUT2D eigenvalue weighted by atomic mass is 32.1. The van der Waals surface area contributed by atoms with Gasteiger partial charge in [-0.1, -0.05) is 152 Å². The van der Waals surface area contributed by atoms with Gasteiger partial charge in [0.25, 0.3) is 0 Å². The molecule has 238 valence electrons. The molecule has 0 bridgehead atoms. The van der Waals surface area contributed by atoms with Crippen LogP contribution in [0.15, 0.2) is 170 Å². The van der Waals surface area contributed by atoms with Gasteiger partial charge in [-0.2, -0.15) is 0 Å². The number of fused-ring (bicyclic) bond motifs is 7. The van der Waals surface area contributed by atoms with Crippen molar-refractivity contribution >= 4 is 53.2 Å². The Morgan fingerprint density at radius 1 is 0.333 bits per heavy atom. The normalized spacial score (nSPS) is 11.5. The van der Waals surface area contributed by atoms with E-state index in [0.717, 1.165) is 60.1 Å². The van der Waals surface area contributed by atoms with Crippen molar-refractivity contribution in [2.75, 3.05) is 0 Å². The van der Waals surface area contributed by atoms with Crippen molar-refractivity contribution in [1.29, 1.82) is 0 Å². The van der Waals surface area contributed by atoms with E-state index in [1.54, 1.807) is 11.3 Å². The first-order valence-corrected chi connectivity index (χ1v) is 17.8. The van der Waals surface area contributed by atoms with Gasteiger partial charge in [-0.15, -0.1) is 11.3 Å². The van der Waals surface area contributed by atoms with E-state index >= 15 is 0 Å². The monoisotopic (exact) mass is 668 g/mol. The van der Waals surface area contributed by atoms with Crippen LogP contribution in [0.5, 0.6) is 0 Å². The summed E-state index contributed by atoms with van der Waals surface area (Å²) in [5, 5.41) is 5.92. The second kappa shape index (κ2) is 12.1. The number of rotatable bonds is 5. The maximum atomic E-state index is 5.19. The first kappa shape index (κ1) is 29.4. The van der Waals surface area contributed by atoms with Gasteiger partial charge in [0.15, 0.2) is 17.5 Å². The van der Waals surface area contributed by atoms with Gasteiger partial charge in [-0.25, -0.2) is 19.9 Å². The molecule has 51 heavy (non-hydrogen) atoms. The standard InChI is InChI=1S/C46H28N4S/c1-4-14-29(15-5-1)32-20-12-21-33(28-32)45-48-44(31-18-8-3-9-19-31)49-46(50-45)38-24-13-23-34-35-26-27-37-40(43(35)51-42(34)38)36-22-10-11-25-39(36)47-41(37)30-16-6-2-7-17-30/h1-28H. The fraction of sp³-hybridized carbons (Fsp3) is 0. The summed E-state index contributed by atoms with van der Waals surface area (Å²) in [6.07, 6.45) is 0. The fourth-order valence-electron chi connectivity index (χ4n) is 7.09. The lowest BCUT2D eigenvalue weighted by Crippen LogP contribution is -2.00. The molecule has 0 aliphatic carbocycles. The molecule has 3 heterocycles. The molecular weight excluding hydrogens is 641 g/mol. The van der Waals surface area contributed by atoms with Crippen LogP contribution in [0.3, 0.4) is 0 Å². The van der Waals surface area contributed by atoms with E-state index in [9.17, 15) is 0 Å². The molecule has 0 amide bonds. The molecular formula is C46H28N4S. The topological polar surface area (TPSA) is 51.6 Å². The average Bonchev–Trinajstić information content (AvgIpc) is 3.60. The summed E-state index contributed by atoms with van der Waals surface area (Å²) in [6, 6.07) is 59.0. The predicted molar refractivity (Wildman–Crippen MR) is 213 cm³/mol. The number of hydrogen-bond acceptors (Lipinski definition) is 5. The van der Waals surface area contributed by atoms with Crippen LogP contribution in [0.1, 0.15) is 0 Å². The van der Waals surface area contributed by atoms with Crippen molar-refractivity contribution in [3.8, 4) is 56.5 Å². The highest BCUT2D eigenvalue weighted by Gasteiger charge is 2.20. The Balaban J connectivity index is 1.23. The number of pyridine rings is 1. The molecule has 0 radical (unpaired) electrons. The second-order valence-corrected chi connectivity index (χ2v) is 13.6. The molecule has 0 spiro atoms.